The molecule has 0 saturated heterocycles. The second kappa shape index (κ2) is 5.96. The van der Waals surface area contributed by atoms with Gasteiger partial charge in [0.1, 0.15) is 0 Å². The van der Waals surface area contributed by atoms with Gasteiger partial charge in [0.25, 0.3) is 0 Å². The van der Waals surface area contributed by atoms with Crippen molar-refractivity contribution in [1.82, 2.24) is 10.3 Å². The second-order valence-electron chi connectivity index (χ2n) is 5.49. The van der Waals surface area contributed by atoms with Crippen LogP contribution < -0.4 is 5.32 Å². The molecular weight excluding hydrogens is 228 g/mol. The van der Waals surface area contributed by atoms with E-state index in [9.17, 15) is 0 Å². The number of aromatic nitrogens is 1. The molecule has 3 unspecified atom stereocenters. The molecule has 1 saturated carbocycles. The van der Waals surface area contributed by atoms with Gasteiger partial charge in [-0.3, -0.25) is 0 Å². The van der Waals surface area contributed by atoms with Crippen molar-refractivity contribution in [2.24, 2.45) is 11.8 Å². The SMILES string of the molecule is CNC(Cc1csc(C)n1)C1CCCC(C)C1. The minimum atomic E-state index is 0.610. The fourth-order valence-electron chi connectivity index (χ4n) is 3.08. The van der Waals surface area contributed by atoms with E-state index in [-0.39, 0.29) is 0 Å². The van der Waals surface area contributed by atoms with E-state index in [4.69, 9.17) is 0 Å². The Bertz CT molecular complexity index is 348. The first-order valence-electron chi connectivity index (χ1n) is 6.77. The molecule has 0 spiro atoms. The number of rotatable bonds is 4. The molecule has 0 radical (unpaired) electrons. The van der Waals surface area contributed by atoms with Crippen LogP contribution in [0.15, 0.2) is 5.38 Å². The third-order valence-corrected chi connectivity index (χ3v) is 4.83. The Hall–Kier alpha value is -0.410. The van der Waals surface area contributed by atoms with Crippen molar-refractivity contribution in [2.45, 2.75) is 52.0 Å². The zero-order valence-corrected chi connectivity index (χ0v) is 12.0. The molecule has 0 amide bonds. The molecule has 0 bridgehead atoms. The smallest absolute Gasteiger partial charge is 0.0897 e. The summed E-state index contributed by atoms with van der Waals surface area (Å²) >= 11 is 1.77. The topological polar surface area (TPSA) is 24.9 Å². The molecular formula is C14H24N2S. The van der Waals surface area contributed by atoms with Crippen molar-refractivity contribution in [1.29, 1.82) is 0 Å². The van der Waals surface area contributed by atoms with Gasteiger partial charge < -0.3 is 5.32 Å². The fourth-order valence-corrected chi connectivity index (χ4v) is 3.70. The summed E-state index contributed by atoms with van der Waals surface area (Å²) in [6.45, 7) is 4.48. The van der Waals surface area contributed by atoms with E-state index < -0.39 is 0 Å². The summed E-state index contributed by atoms with van der Waals surface area (Å²) in [4.78, 5) is 4.59. The zero-order chi connectivity index (χ0) is 12.3. The van der Waals surface area contributed by atoms with Crippen LogP contribution in [0.25, 0.3) is 0 Å². The molecule has 1 heterocycles. The van der Waals surface area contributed by atoms with Crippen LogP contribution in [0.5, 0.6) is 0 Å². The number of aryl methyl sites for hydroxylation is 1. The summed E-state index contributed by atoms with van der Waals surface area (Å²) in [6.07, 6.45) is 6.69. The Balaban J connectivity index is 1.95. The molecule has 1 aromatic heterocycles. The van der Waals surface area contributed by atoms with Crippen LogP contribution in [0.1, 0.15) is 43.3 Å². The minimum absolute atomic E-state index is 0.610. The second-order valence-corrected chi connectivity index (χ2v) is 6.55. The Morgan fingerprint density at radius 1 is 1.53 bits per heavy atom. The van der Waals surface area contributed by atoms with E-state index in [1.54, 1.807) is 11.3 Å². The molecule has 0 aromatic carbocycles. The first kappa shape index (κ1) is 13.0. The number of hydrogen-bond acceptors (Lipinski definition) is 3. The molecule has 3 heteroatoms. The molecule has 96 valence electrons. The van der Waals surface area contributed by atoms with Crippen LogP contribution in [-0.4, -0.2) is 18.1 Å². The van der Waals surface area contributed by atoms with E-state index in [0.29, 0.717) is 6.04 Å². The highest BCUT2D eigenvalue weighted by Gasteiger charge is 2.26. The van der Waals surface area contributed by atoms with Gasteiger partial charge in [-0.15, -0.1) is 11.3 Å². The predicted octanol–water partition coefficient (Wildman–Crippen LogP) is 3.41. The summed E-state index contributed by atoms with van der Waals surface area (Å²) in [5.41, 5.74) is 1.27. The quantitative estimate of drug-likeness (QED) is 0.888. The van der Waals surface area contributed by atoms with Gasteiger partial charge in [-0.25, -0.2) is 4.98 Å². The van der Waals surface area contributed by atoms with Gasteiger partial charge in [0.2, 0.25) is 0 Å². The molecule has 1 fully saturated rings. The molecule has 1 N–H and O–H groups in total. The average molecular weight is 252 g/mol. The van der Waals surface area contributed by atoms with Crippen LogP contribution in [0.4, 0.5) is 0 Å². The van der Waals surface area contributed by atoms with Crippen molar-refractivity contribution in [3.8, 4) is 0 Å². The summed E-state index contributed by atoms with van der Waals surface area (Å²) < 4.78 is 0. The van der Waals surface area contributed by atoms with Crippen LogP contribution in [0, 0.1) is 18.8 Å². The summed E-state index contributed by atoms with van der Waals surface area (Å²) in [6, 6.07) is 0.610. The highest BCUT2D eigenvalue weighted by Crippen LogP contribution is 2.31. The molecule has 1 aliphatic rings. The van der Waals surface area contributed by atoms with E-state index in [0.717, 1.165) is 18.3 Å². The summed E-state index contributed by atoms with van der Waals surface area (Å²) in [5.74, 6) is 1.74. The first-order valence-corrected chi connectivity index (χ1v) is 7.65. The monoisotopic (exact) mass is 252 g/mol. The highest BCUT2D eigenvalue weighted by molar-refractivity contribution is 7.09. The van der Waals surface area contributed by atoms with Crippen molar-refractivity contribution < 1.29 is 0 Å². The van der Waals surface area contributed by atoms with Gasteiger partial charge in [-0.1, -0.05) is 19.8 Å². The standard InChI is InChI=1S/C14H24N2S/c1-10-5-4-6-12(7-10)14(15-3)8-13-9-17-11(2)16-13/h9-10,12,14-15H,4-8H2,1-3H3. The van der Waals surface area contributed by atoms with Crippen molar-refractivity contribution in [2.75, 3.05) is 7.05 Å². The lowest BCUT2D eigenvalue weighted by atomic mass is 9.77. The minimum Gasteiger partial charge on any atom is -0.316 e. The molecule has 2 nitrogen and oxygen atoms in total. The van der Waals surface area contributed by atoms with Gasteiger partial charge in [-0.2, -0.15) is 0 Å². The third kappa shape index (κ3) is 3.52. The molecule has 3 atom stereocenters. The summed E-state index contributed by atoms with van der Waals surface area (Å²) in [5, 5.41) is 6.92. The van der Waals surface area contributed by atoms with Gasteiger partial charge in [0.15, 0.2) is 0 Å². The van der Waals surface area contributed by atoms with Crippen molar-refractivity contribution >= 4 is 11.3 Å². The Morgan fingerprint density at radius 3 is 2.94 bits per heavy atom. The zero-order valence-electron chi connectivity index (χ0n) is 11.2. The van der Waals surface area contributed by atoms with E-state index in [2.05, 4.69) is 36.6 Å². The maximum Gasteiger partial charge on any atom is 0.0897 e. The van der Waals surface area contributed by atoms with Crippen molar-refractivity contribution in [3.05, 3.63) is 16.1 Å². The van der Waals surface area contributed by atoms with E-state index in [1.807, 2.05) is 0 Å². The largest absolute Gasteiger partial charge is 0.316 e. The lowest BCUT2D eigenvalue weighted by Crippen LogP contribution is -2.38. The van der Waals surface area contributed by atoms with Crippen LogP contribution >= 0.6 is 11.3 Å². The maximum atomic E-state index is 4.59. The van der Waals surface area contributed by atoms with Gasteiger partial charge in [0, 0.05) is 17.8 Å². The Morgan fingerprint density at radius 2 is 2.35 bits per heavy atom. The fraction of sp³-hybridized carbons (Fsp3) is 0.786. The van der Waals surface area contributed by atoms with Crippen LogP contribution in [0.3, 0.4) is 0 Å². The Kier molecular flexibility index (Phi) is 4.57. The first-order chi connectivity index (χ1) is 8.19. The Labute approximate surface area is 109 Å². The summed E-state index contributed by atoms with van der Waals surface area (Å²) in [7, 11) is 2.10. The lowest BCUT2D eigenvalue weighted by Gasteiger charge is -2.33. The highest BCUT2D eigenvalue weighted by atomic mass is 32.1. The van der Waals surface area contributed by atoms with Gasteiger partial charge in [-0.05, 0) is 38.6 Å². The van der Waals surface area contributed by atoms with Crippen molar-refractivity contribution in [3.63, 3.8) is 0 Å². The molecule has 1 aromatic rings. The van der Waals surface area contributed by atoms with Crippen LogP contribution in [0.2, 0.25) is 0 Å². The number of nitrogens with zero attached hydrogens (tertiary/aromatic N) is 1. The van der Waals surface area contributed by atoms with Crippen LogP contribution in [-0.2, 0) is 6.42 Å². The number of thiazole rings is 1. The normalized spacial score (nSPS) is 27.0. The number of likely N-dealkylation sites (N-methyl/N-ethyl adjacent to an activating group) is 1. The molecule has 2 rings (SSSR count). The third-order valence-electron chi connectivity index (χ3n) is 4.01. The van der Waals surface area contributed by atoms with Gasteiger partial charge >= 0.3 is 0 Å². The molecule has 17 heavy (non-hydrogen) atoms. The molecule has 1 aliphatic carbocycles. The maximum absolute atomic E-state index is 4.59. The van der Waals surface area contributed by atoms with Gasteiger partial charge in [0.05, 0.1) is 10.7 Å². The number of nitrogens with one attached hydrogen (secondary N) is 1. The van der Waals surface area contributed by atoms with E-state index in [1.165, 1.54) is 36.4 Å². The predicted molar refractivity (Wildman–Crippen MR) is 74.5 cm³/mol. The molecule has 0 aliphatic heterocycles. The van der Waals surface area contributed by atoms with E-state index >= 15 is 0 Å². The number of hydrogen-bond donors (Lipinski definition) is 1. The lowest BCUT2D eigenvalue weighted by molar-refractivity contribution is 0.226. The average Bonchev–Trinajstić information content (AvgIpc) is 2.72.